The summed E-state index contributed by atoms with van der Waals surface area (Å²) < 4.78 is 60.0. The summed E-state index contributed by atoms with van der Waals surface area (Å²) in [5.74, 6) is -0.753. The van der Waals surface area contributed by atoms with E-state index in [1.54, 1.807) is 33.9 Å². The summed E-state index contributed by atoms with van der Waals surface area (Å²) in [5, 5.41) is 3.50. The van der Waals surface area contributed by atoms with E-state index in [9.17, 15) is 13.2 Å². The number of nitrogens with zero attached hydrogens (tertiary/aromatic N) is 1. The Morgan fingerprint density at radius 3 is 2.58 bits per heavy atom. The molecule has 0 saturated heterocycles. The standard InChI is InChI=1S/C26H39FN2O6S/c1-17(2)9-10-28-19-8-7-18-13-21(35-16-34-12-11-33-6)24(25(27)20(18)14-19)22-15-23(30)29(26(3,4)5)36(22,31)32/h13,15,17,19,28H,7-12,14,16H2,1-6H3. The number of fused-ring (bicyclic) bond motifs is 1. The first-order chi connectivity index (χ1) is 16.9. The third kappa shape index (κ3) is 6.27. The van der Waals surface area contributed by atoms with E-state index in [0.717, 1.165) is 35.3 Å². The third-order valence-corrected chi connectivity index (χ3v) is 8.44. The third-order valence-electron chi connectivity index (χ3n) is 6.35. The summed E-state index contributed by atoms with van der Waals surface area (Å²) in [6, 6.07) is 1.78. The molecule has 10 heteroatoms. The highest BCUT2D eigenvalue weighted by molar-refractivity contribution is 7.99. The Hall–Kier alpha value is -2.01. The van der Waals surface area contributed by atoms with E-state index in [4.69, 9.17) is 14.2 Å². The van der Waals surface area contributed by atoms with Gasteiger partial charge in [-0.1, -0.05) is 13.8 Å². The molecule has 1 N–H and O–H groups in total. The SMILES string of the molecule is COCCOCOc1cc2c(c(F)c1C1=CC(=O)N(C(C)(C)C)S1(=O)=O)CC(NCCC(C)C)CC2. The second kappa shape index (κ2) is 11.6. The number of aryl methyl sites for hydroxylation is 1. The molecule has 8 nitrogen and oxygen atoms in total. The zero-order chi connectivity index (χ0) is 26.7. The maximum Gasteiger partial charge on any atom is 0.268 e. The second-order valence-electron chi connectivity index (χ2n) is 10.7. The highest BCUT2D eigenvalue weighted by Crippen LogP contribution is 2.43. The van der Waals surface area contributed by atoms with Gasteiger partial charge in [0.15, 0.2) is 6.79 Å². The van der Waals surface area contributed by atoms with Gasteiger partial charge in [0, 0.05) is 19.2 Å². The minimum absolute atomic E-state index is 0.0493. The zero-order valence-corrected chi connectivity index (χ0v) is 23.0. The number of methoxy groups -OCH3 is 1. The van der Waals surface area contributed by atoms with Gasteiger partial charge in [-0.2, -0.15) is 0 Å². The fourth-order valence-corrected chi connectivity index (χ4v) is 6.50. The van der Waals surface area contributed by atoms with Crippen molar-refractivity contribution in [2.45, 2.75) is 71.9 Å². The highest BCUT2D eigenvalue weighted by atomic mass is 32.2. The van der Waals surface area contributed by atoms with Crippen LogP contribution in [0, 0.1) is 11.7 Å². The Bertz CT molecular complexity index is 1090. The number of benzene rings is 1. The monoisotopic (exact) mass is 526 g/mol. The molecule has 3 rings (SSSR count). The molecule has 0 spiro atoms. The lowest BCUT2D eigenvalue weighted by Crippen LogP contribution is -2.45. The lowest BCUT2D eigenvalue weighted by molar-refractivity contribution is -0.123. The van der Waals surface area contributed by atoms with Crippen LogP contribution in [-0.2, 0) is 37.1 Å². The number of carbonyl (C=O) groups excluding carboxylic acids is 1. The van der Waals surface area contributed by atoms with E-state index in [-0.39, 0.29) is 35.7 Å². The molecule has 1 unspecified atom stereocenters. The molecule has 0 radical (unpaired) electrons. The minimum atomic E-state index is -4.29. The molecule has 0 saturated carbocycles. The van der Waals surface area contributed by atoms with Gasteiger partial charge in [-0.25, -0.2) is 17.1 Å². The smallest absolute Gasteiger partial charge is 0.268 e. The van der Waals surface area contributed by atoms with E-state index in [2.05, 4.69) is 19.2 Å². The normalized spacial score (nSPS) is 19.6. The van der Waals surface area contributed by atoms with Crippen LogP contribution in [0.4, 0.5) is 4.39 Å². The van der Waals surface area contributed by atoms with Crippen LogP contribution in [0.2, 0.25) is 0 Å². The Kier molecular flexibility index (Phi) is 9.19. The summed E-state index contributed by atoms with van der Waals surface area (Å²) in [4.78, 5) is 12.4. The van der Waals surface area contributed by atoms with Crippen LogP contribution in [0.15, 0.2) is 12.1 Å². The molecule has 1 amide bonds. The first-order valence-electron chi connectivity index (χ1n) is 12.5. The summed E-state index contributed by atoms with van der Waals surface area (Å²) >= 11 is 0. The van der Waals surface area contributed by atoms with Crippen molar-refractivity contribution >= 4 is 20.8 Å². The molecule has 1 aromatic carbocycles. The first kappa shape index (κ1) is 28.6. The van der Waals surface area contributed by atoms with Gasteiger partial charge >= 0.3 is 0 Å². The zero-order valence-electron chi connectivity index (χ0n) is 22.1. The lowest BCUT2D eigenvalue weighted by Gasteiger charge is -2.31. The number of nitrogens with one attached hydrogen (secondary N) is 1. The van der Waals surface area contributed by atoms with Crippen LogP contribution in [0.25, 0.3) is 4.91 Å². The van der Waals surface area contributed by atoms with E-state index < -0.39 is 27.3 Å². The first-order valence-corrected chi connectivity index (χ1v) is 13.9. The summed E-state index contributed by atoms with van der Waals surface area (Å²) in [5.41, 5.74) is 0.0185. The van der Waals surface area contributed by atoms with Gasteiger partial charge in [0.25, 0.3) is 15.9 Å². The molecule has 1 aromatic rings. The van der Waals surface area contributed by atoms with Crippen molar-refractivity contribution in [1.82, 2.24) is 9.62 Å². The van der Waals surface area contributed by atoms with Crippen LogP contribution in [-0.4, -0.2) is 63.9 Å². The minimum Gasteiger partial charge on any atom is -0.467 e. The number of sulfonamides is 1. The van der Waals surface area contributed by atoms with Crippen LogP contribution < -0.4 is 10.1 Å². The molecular weight excluding hydrogens is 487 g/mol. The van der Waals surface area contributed by atoms with Gasteiger partial charge in [-0.15, -0.1) is 0 Å². The summed E-state index contributed by atoms with van der Waals surface area (Å²) in [6.07, 6.45) is 3.91. The second-order valence-corrected chi connectivity index (χ2v) is 12.5. The highest BCUT2D eigenvalue weighted by Gasteiger charge is 2.46. The molecule has 36 heavy (non-hydrogen) atoms. The molecule has 2 aliphatic rings. The summed E-state index contributed by atoms with van der Waals surface area (Å²) in [6.45, 7) is 10.4. The van der Waals surface area contributed by atoms with Gasteiger partial charge in [-0.3, -0.25) is 4.79 Å². The fraction of sp³-hybridized carbons (Fsp3) is 0.654. The Balaban J connectivity index is 2.00. The number of carbonyl (C=O) groups is 1. The quantitative estimate of drug-likeness (QED) is 0.348. The average molecular weight is 527 g/mol. The maximum atomic E-state index is 16.2. The molecule has 0 aromatic heterocycles. The summed E-state index contributed by atoms with van der Waals surface area (Å²) in [7, 11) is -2.74. The van der Waals surface area contributed by atoms with Crippen molar-refractivity contribution in [2.75, 3.05) is 33.7 Å². The Morgan fingerprint density at radius 2 is 1.97 bits per heavy atom. The van der Waals surface area contributed by atoms with E-state index in [1.807, 2.05) is 0 Å². The Morgan fingerprint density at radius 1 is 1.25 bits per heavy atom. The van der Waals surface area contributed by atoms with Crippen molar-refractivity contribution in [3.63, 3.8) is 0 Å². The van der Waals surface area contributed by atoms with Crippen LogP contribution in [0.5, 0.6) is 5.75 Å². The van der Waals surface area contributed by atoms with Crippen molar-refractivity contribution in [3.8, 4) is 5.75 Å². The topological polar surface area (TPSA) is 94.2 Å². The molecule has 1 heterocycles. The number of ether oxygens (including phenoxy) is 3. The van der Waals surface area contributed by atoms with Gasteiger partial charge in [0.05, 0.1) is 24.3 Å². The predicted octanol–water partition coefficient (Wildman–Crippen LogP) is 3.63. The van der Waals surface area contributed by atoms with E-state index in [1.165, 1.54) is 0 Å². The molecule has 1 aliphatic heterocycles. The van der Waals surface area contributed by atoms with E-state index in [0.29, 0.717) is 30.9 Å². The predicted molar refractivity (Wildman–Crippen MR) is 136 cm³/mol. The van der Waals surface area contributed by atoms with Crippen LogP contribution >= 0.6 is 0 Å². The number of hydrogen-bond acceptors (Lipinski definition) is 7. The van der Waals surface area contributed by atoms with Crippen molar-refractivity contribution < 1.29 is 31.8 Å². The average Bonchev–Trinajstić information content (AvgIpc) is 3.01. The van der Waals surface area contributed by atoms with E-state index >= 15 is 4.39 Å². The largest absolute Gasteiger partial charge is 0.467 e. The molecule has 202 valence electrons. The molecular formula is C26H39FN2O6S. The molecule has 0 bridgehead atoms. The van der Waals surface area contributed by atoms with Crippen molar-refractivity contribution in [1.29, 1.82) is 0 Å². The molecule has 0 fully saturated rings. The van der Waals surface area contributed by atoms with Crippen molar-refractivity contribution in [2.24, 2.45) is 5.92 Å². The van der Waals surface area contributed by atoms with Gasteiger partial charge < -0.3 is 19.5 Å². The van der Waals surface area contributed by atoms with Crippen LogP contribution in [0.1, 0.15) is 64.2 Å². The molecule has 1 aliphatic carbocycles. The fourth-order valence-electron chi connectivity index (χ4n) is 4.59. The van der Waals surface area contributed by atoms with Crippen molar-refractivity contribution in [3.05, 3.63) is 34.6 Å². The van der Waals surface area contributed by atoms with Crippen LogP contribution in [0.3, 0.4) is 0 Å². The number of rotatable bonds is 11. The number of hydrogen-bond donors (Lipinski definition) is 1. The number of amides is 1. The molecule has 1 atom stereocenters. The van der Waals surface area contributed by atoms with Gasteiger partial charge in [0.1, 0.15) is 16.5 Å². The number of halogens is 1. The maximum absolute atomic E-state index is 16.2. The van der Waals surface area contributed by atoms with Gasteiger partial charge in [-0.05, 0) is 76.1 Å². The van der Waals surface area contributed by atoms with Gasteiger partial charge in [0.2, 0.25) is 0 Å². The lowest BCUT2D eigenvalue weighted by atomic mass is 9.86. The Labute approximate surface area is 214 Å².